The van der Waals surface area contributed by atoms with Crippen LogP contribution < -0.4 is 5.32 Å². The molecule has 0 spiro atoms. The van der Waals surface area contributed by atoms with Gasteiger partial charge >= 0.3 is 0 Å². The van der Waals surface area contributed by atoms with Crippen LogP contribution in [-0.2, 0) is 0 Å². The van der Waals surface area contributed by atoms with E-state index in [0.717, 1.165) is 24.9 Å². The van der Waals surface area contributed by atoms with Crippen molar-refractivity contribution in [1.29, 1.82) is 0 Å². The summed E-state index contributed by atoms with van der Waals surface area (Å²) in [5.41, 5.74) is 0. The van der Waals surface area contributed by atoms with Gasteiger partial charge in [0.2, 0.25) is 0 Å². The van der Waals surface area contributed by atoms with Crippen LogP contribution in [-0.4, -0.2) is 23.8 Å². The van der Waals surface area contributed by atoms with Gasteiger partial charge in [-0.25, -0.2) is 0 Å². The van der Waals surface area contributed by atoms with Crippen molar-refractivity contribution >= 4 is 0 Å². The maximum Gasteiger partial charge on any atom is 0.0580 e. The van der Waals surface area contributed by atoms with Crippen molar-refractivity contribution < 1.29 is 5.11 Å². The highest BCUT2D eigenvalue weighted by Crippen LogP contribution is 2.35. The molecule has 0 saturated heterocycles. The molecule has 3 unspecified atom stereocenters. The van der Waals surface area contributed by atoms with Crippen LogP contribution in [0.15, 0.2) is 0 Å². The van der Waals surface area contributed by atoms with Crippen LogP contribution in [0.4, 0.5) is 0 Å². The summed E-state index contributed by atoms with van der Waals surface area (Å²) in [4.78, 5) is 0. The highest BCUT2D eigenvalue weighted by Gasteiger charge is 2.31. The Hall–Kier alpha value is -0.0800. The number of hydrogen-bond donors (Lipinski definition) is 2. The van der Waals surface area contributed by atoms with Gasteiger partial charge in [-0.2, -0.15) is 0 Å². The van der Waals surface area contributed by atoms with E-state index in [4.69, 9.17) is 0 Å². The van der Waals surface area contributed by atoms with E-state index in [9.17, 15) is 5.11 Å². The zero-order valence-electron chi connectivity index (χ0n) is 10.6. The van der Waals surface area contributed by atoms with Gasteiger partial charge in [-0.1, -0.05) is 26.2 Å². The van der Waals surface area contributed by atoms with Crippen LogP contribution in [0, 0.1) is 11.8 Å². The predicted octanol–water partition coefficient (Wildman–Crippen LogP) is 2.71. The minimum Gasteiger partial charge on any atom is -0.393 e. The molecule has 0 aromatic heterocycles. The summed E-state index contributed by atoms with van der Waals surface area (Å²) >= 11 is 0. The summed E-state index contributed by atoms with van der Waals surface area (Å²) in [5, 5.41) is 13.6. The number of hydrogen-bond acceptors (Lipinski definition) is 2. The number of aliphatic hydroxyl groups excluding tert-OH is 1. The second-order valence-corrected chi connectivity index (χ2v) is 5.75. The molecule has 0 bridgehead atoms. The Bertz CT molecular complexity index is 199. The molecule has 3 atom stereocenters. The molecule has 2 heteroatoms. The molecule has 2 aliphatic rings. The highest BCUT2D eigenvalue weighted by molar-refractivity contribution is 4.87. The van der Waals surface area contributed by atoms with Gasteiger partial charge in [-0.3, -0.25) is 0 Å². The number of aliphatic hydroxyl groups is 1. The standard InChI is InChI=1S/C14H27NO/c1-2-5-13(11-8-9-11)15-10-12-6-3-4-7-14(12)16/h11-16H,2-10H2,1H3. The van der Waals surface area contributed by atoms with Crippen molar-refractivity contribution in [2.45, 2.75) is 70.4 Å². The van der Waals surface area contributed by atoms with Crippen molar-refractivity contribution in [3.8, 4) is 0 Å². The SMILES string of the molecule is CCCC(NCC1CCCCC1O)C1CC1. The second-order valence-electron chi connectivity index (χ2n) is 5.75. The van der Waals surface area contributed by atoms with E-state index in [1.54, 1.807) is 0 Å². The molecule has 0 aromatic rings. The van der Waals surface area contributed by atoms with E-state index < -0.39 is 0 Å². The number of nitrogens with one attached hydrogen (secondary N) is 1. The van der Waals surface area contributed by atoms with Gasteiger partial charge in [0.25, 0.3) is 0 Å². The molecule has 0 amide bonds. The topological polar surface area (TPSA) is 32.3 Å². The lowest BCUT2D eigenvalue weighted by atomic mass is 9.86. The summed E-state index contributed by atoms with van der Waals surface area (Å²) < 4.78 is 0. The third-order valence-electron chi connectivity index (χ3n) is 4.30. The third kappa shape index (κ3) is 3.46. The number of rotatable bonds is 6. The van der Waals surface area contributed by atoms with Gasteiger partial charge in [0.05, 0.1) is 6.10 Å². The van der Waals surface area contributed by atoms with Gasteiger partial charge in [-0.15, -0.1) is 0 Å². The Morgan fingerprint density at radius 2 is 1.94 bits per heavy atom. The summed E-state index contributed by atoms with van der Waals surface area (Å²) in [7, 11) is 0. The van der Waals surface area contributed by atoms with Crippen molar-refractivity contribution in [2.75, 3.05) is 6.54 Å². The fourth-order valence-corrected chi connectivity index (χ4v) is 3.04. The molecule has 2 nitrogen and oxygen atoms in total. The minimum atomic E-state index is -0.0391. The van der Waals surface area contributed by atoms with Crippen LogP contribution >= 0.6 is 0 Å². The molecular formula is C14H27NO. The van der Waals surface area contributed by atoms with Crippen molar-refractivity contribution in [2.24, 2.45) is 11.8 Å². The Labute approximate surface area is 99.8 Å². The van der Waals surface area contributed by atoms with E-state index in [-0.39, 0.29) is 6.10 Å². The van der Waals surface area contributed by atoms with E-state index in [2.05, 4.69) is 12.2 Å². The van der Waals surface area contributed by atoms with E-state index in [1.807, 2.05) is 0 Å². The molecule has 2 N–H and O–H groups in total. The molecule has 0 aliphatic heterocycles. The molecule has 2 rings (SSSR count). The average molecular weight is 225 g/mol. The Kier molecular flexibility index (Phi) is 4.66. The van der Waals surface area contributed by atoms with Crippen molar-refractivity contribution in [3.05, 3.63) is 0 Å². The Morgan fingerprint density at radius 1 is 1.19 bits per heavy atom. The first-order valence-electron chi connectivity index (χ1n) is 7.22. The first-order chi connectivity index (χ1) is 7.81. The first kappa shape index (κ1) is 12.4. The predicted molar refractivity (Wildman–Crippen MR) is 67.4 cm³/mol. The van der Waals surface area contributed by atoms with Crippen LogP contribution in [0.25, 0.3) is 0 Å². The molecule has 94 valence electrons. The van der Waals surface area contributed by atoms with Crippen molar-refractivity contribution in [1.82, 2.24) is 5.32 Å². The zero-order valence-corrected chi connectivity index (χ0v) is 10.6. The van der Waals surface area contributed by atoms with Gasteiger partial charge in [-0.05, 0) is 43.9 Å². The average Bonchev–Trinajstić information content (AvgIpc) is 3.10. The molecule has 0 heterocycles. The maximum absolute atomic E-state index is 9.93. The maximum atomic E-state index is 9.93. The van der Waals surface area contributed by atoms with Gasteiger partial charge in [0.1, 0.15) is 0 Å². The molecule has 16 heavy (non-hydrogen) atoms. The van der Waals surface area contributed by atoms with Gasteiger partial charge in [0.15, 0.2) is 0 Å². The Morgan fingerprint density at radius 3 is 2.56 bits per heavy atom. The van der Waals surface area contributed by atoms with Gasteiger partial charge in [0, 0.05) is 12.6 Å². The lowest BCUT2D eigenvalue weighted by molar-refractivity contribution is 0.0674. The third-order valence-corrected chi connectivity index (χ3v) is 4.30. The molecule has 2 aliphatic carbocycles. The largest absolute Gasteiger partial charge is 0.393 e. The summed E-state index contributed by atoms with van der Waals surface area (Å²) in [5.74, 6) is 1.47. The fourth-order valence-electron chi connectivity index (χ4n) is 3.04. The Balaban J connectivity index is 1.71. The molecular weight excluding hydrogens is 198 g/mol. The second kappa shape index (κ2) is 6.02. The minimum absolute atomic E-state index is 0.0391. The van der Waals surface area contributed by atoms with Crippen LogP contribution in [0.1, 0.15) is 58.3 Å². The molecule has 2 fully saturated rings. The summed E-state index contributed by atoms with van der Waals surface area (Å²) in [6, 6.07) is 0.735. The smallest absolute Gasteiger partial charge is 0.0580 e. The first-order valence-corrected chi connectivity index (χ1v) is 7.22. The molecule has 0 radical (unpaired) electrons. The lowest BCUT2D eigenvalue weighted by Crippen LogP contribution is -2.39. The summed E-state index contributed by atoms with van der Waals surface area (Å²) in [6.45, 7) is 3.31. The van der Waals surface area contributed by atoms with Crippen LogP contribution in [0.2, 0.25) is 0 Å². The van der Waals surface area contributed by atoms with Crippen LogP contribution in [0.5, 0.6) is 0 Å². The molecule has 2 saturated carbocycles. The van der Waals surface area contributed by atoms with E-state index >= 15 is 0 Å². The normalized spacial score (nSPS) is 32.6. The highest BCUT2D eigenvalue weighted by atomic mass is 16.3. The zero-order chi connectivity index (χ0) is 11.4. The van der Waals surface area contributed by atoms with Crippen molar-refractivity contribution in [3.63, 3.8) is 0 Å². The van der Waals surface area contributed by atoms with E-state index in [0.29, 0.717) is 5.92 Å². The molecule has 0 aromatic carbocycles. The monoisotopic (exact) mass is 225 g/mol. The quantitative estimate of drug-likeness (QED) is 0.728. The van der Waals surface area contributed by atoms with E-state index in [1.165, 1.54) is 44.9 Å². The lowest BCUT2D eigenvalue weighted by Gasteiger charge is -2.29. The fraction of sp³-hybridized carbons (Fsp3) is 1.00. The van der Waals surface area contributed by atoms with Gasteiger partial charge < -0.3 is 10.4 Å². The summed E-state index contributed by atoms with van der Waals surface area (Å²) in [6.07, 6.45) is 10.2. The van der Waals surface area contributed by atoms with Crippen LogP contribution in [0.3, 0.4) is 0 Å².